The second-order valence-electron chi connectivity index (χ2n) is 10.2. The summed E-state index contributed by atoms with van der Waals surface area (Å²) in [6, 6.07) is 3.42. The number of pyridine rings is 1. The molecule has 2 aliphatic rings. The van der Waals surface area contributed by atoms with Crippen LogP contribution < -0.4 is 10.2 Å². The van der Waals surface area contributed by atoms with E-state index in [-0.39, 0.29) is 0 Å². The number of anilines is 1. The summed E-state index contributed by atoms with van der Waals surface area (Å²) in [6.07, 6.45) is 13.0. The minimum atomic E-state index is -0.803. The van der Waals surface area contributed by atoms with Gasteiger partial charge in [0.1, 0.15) is 12.0 Å². The van der Waals surface area contributed by atoms with Crippen LogP contribution >= 0.6 is 0 Å². The molecule has 8 heteroatoms. The Balaban J connectivity index is 0.000000265. The van der Waals surface area contributed by atoms with Crippen LogP contribution in [0.1, 0.15) is 19.3 Å². The molecule has 2 saturated heterocycles. The highest BCUT2D eigenvalue weighted by Gasteiger charge is 2.40. The lowest BCUT2D eigenvalue weighted by Gasteiger charge is -2.26. The van der Waals surface area contributed by atoms with Crippen LogP contribution in [0.3, 0.4) is 0 Å². The number of aromatic nitrogens is 4. The maximum atomic E-state index is 4.95. The smallest absolute Gasteiger partial charge is 0.139 e. The minimum Gasteiger partial charge on any atom is -0.385 e. The molecule has 0 bridgehead atoms. The highest BCUT2D eigenvalue weighted by atomic mass is 28.3. The Kier molecular flexibility index (Phi) is 6.92. The highest BCUT2D eigenvalue weighted by Crippen LogP contribution is 2.39. The highest BCUT2D eigenvalue weighted by molar-refractivity contribution is 6.76. The number of nitrogens with one attached hydrogen (secondary N) is 2. The van der Waals surface area contributed by atoms with E-state index in [0.717, 1.165) is 43.0 Å². The van der Waals surface area contributed by atoms with Gasteiger partial charge in [0.2, 0.25) is 0 Å². The van der Waals surface area contributed by atoms with Gasteiger partial charge in [-0.2, -0.15) is 0 Å². The first-order valence-corrected chi connectivity index (χ1v) is 15.3. The summed E-state index contributed by atoms with van der Waals surface area (Å²) >= 11 is 0. The summed E-state index contributed by atoms with van der Waals surface area (Å²) in [5.41, 5.74) is 4.62. The normalized spacial score (nSPS) is 20.7. The number of methoxy groups -OCH3 is 1. The van der Waals surface area contributed by atoms with Crippen LogP contribution in [0.25, 0.3) is 22.2 Å². The lowest BCUT2D eigenvalue weighted by atomic mass is 9.97. The van der Waals surface area contributed by atoms with Gasteiger partial charge in [0.25, 0.3) is 0 Å². The van der Waals surface area contributed by atoms with Crippen molar-refractivity contribution in [1.29, 1.82) is 0 Å². The predicted octanol–water partition coefficient (Wildman–Crippen LogP) is 4.32. The van der Waals surface area contributed by atoms with E-state index in [4.69, 9.17) is 4.74 Å². The van der Waals surface area contributed by atoms with E-state index in [1.54, 1.807) is 13.4 Å². The summed E-state index contributed by atoms with van der Waals surface area (Å²) in [5, 5.41) is 4.90. The van der Waals surface area contributed by atoms with E-state index >= 15 is 0 Å². The maximum absolute atomic E-state index is 4.95. The SMILES string of the molecule is COCC[Si](C)(C)C.c1ncc(-c2c[nH]c3nccc(N4CC[C@]5(CCCN5)C4)c23)cn1. The van der Waals surface area contributed by atoms with Gasteiger partial charge in [-0.25, -0.2) is 15.0 Å². The van der Waals surface area contributed by atoms with Gasteiger partial charge < -0.3 is 19.9 Å². The lowest BCUT2D eigenvalue weighted by Crippen LogP contribution is -2.42. The van der Waals surface area contributed by atoms with Crippen LogP contribution in [0.4, 0.5) is 5.69 Å². The molecule has 0 amide bonds. The minimum absolute atomic E-state index is 0.307. The van der Waals surface area contributed by atoms with Crippen LogP contribution in [0, 0.1) is 0 Å². The van der Waals surface area contributed by atoms with Crippen LogP contribution in [0.15, 0.2) is 37.2 Å². The second-order valence-corrected chi connectivity index (χ2v) is 15.8. The molecule has 5 heterocycles. The first-order valence-electron chi connectivity index (χ1n) is 11.6. The average molecular weight is 453 g/mol. The lowest BCUT2D eigenvalue weighted by molar-refractivity contribution is 0.214. The fraction of sp³-hybridized carbons (Fsp3) is 0.542. The molecule has 3 aromatic heterocycles. The molecule has 3 aromatic rings. The molecular formula is C24H36N6OSi. The number of hydrogen-bond acceptors (Lipinski definition) is 6. The number of fused-ring (bicyclic) bond motifs is 1. The topological polar surface area (TPSA) is 79.0 Å². The molecule has 2 N–H and O–H groups in total. The van der Waals surface area contributed by atoms with Crippen LogP contribution in [-0.4, -0.2) is 66.9 Å². The molecule has 0 saturated carbocycles. The van der Waals surface area contributed by atoms with E-state index < -0.39 is 8.07 Å². The van der Waals surface area contributed by atoms with Crippen molar-refractivity contribution in [3.63, 3.8) is 0 Å². The number of aromatic amines is 1. The molecule has 1 spiro atoms. The fourth-order valence-corrected chi connectivity index (χ4v) is 5.49. The molecule has 172 valence electrons. The van der Waals surface area contributed by atoms with Crippen molar-refractivity contribution in [2.75, 3.05) is 38.3 Å². The van der Waals surface area contributed by atoms with Crippen molar-refractivity contribution >= 4 is 24.8 Å². The van der Waals surface area contributed by atoms with E-state index in [9.17, 15) is 0 Å². The molecule has 0 aromatic carbocycles. The van der Waals surface area contributed by atoms with E-state index in [0.29, 0.717) is 5.54 Å². The molecule has 1 atom stereocenters. The van der Waals surface area contributed by atoms with E-state index in [2.05, 4.69) is 55.9 Å². The largest absolute Gasteiger partial charge is 0.385 e. The summed E-state index contributed by atoms with van der Waals surface area (Å²) in [5.74, 6) is 0. The molecule has 2 fully saturated rings. The third kappa shape index (κ3) is 5.19. The van der Waals surface area contributed by atoms with Crippen molar-refractivity contribution in [3.8, 4) is 11.1 Å². The molecule has 0 radical (unpaired) electrons. The second kappa shape index (κ2) is 9.68. The van der Waals surface area contributed by atoms with Gasteiger partial charge in [-0.15, -0.1) is 0 Å². The van der Waals surface area contributed by atoms with E-state index in [1.165, 1.54) is 36.4 Å². The molecule has 0 unspecified atom stereocenters. The van der Waals surface area contributed by atoms with Crippen molar-refractivity contribution in [3.05, 3.63) is 37.2 Å². The molecular weight excluding hydrogens is 416 g/mol. The van der Waals surface area contributed by atoms with Gasteiger partial charge in [-0.1, -0.05) is 19.6 Å². The summed E-state index contributed by atoms with van der Waals surface area (Å²) < 4.78 is 4.95. The molecule has 5 rings (SSSR count). The molecule has 2 aliphatic heterocycles. The van der Waals surface area contributed by atoms with Crippen molar-refractivity contribution < 1.29 is 4.74 Å². The third-order valence-corrected chi connectivity index (χ3v) is 8.21. The monoisotopic (exact) mass is 452 g/mol. The van der Waals surface area contributed by atoms with Gasteiger partial charge >= 0.3 is 0 Å². The van der Waals surface area contributed by atoms with E-state index in [1.807, 2.05) is 24.8 Å². The number of hydrogen-bond donors (Lipinski definition) is 2. The number of ether oxygens (including phenoxy) is 1. The zero-order chi connectivity index (χ0) is 22.6. The number of H-pyrrole nitrogens is 1. The standard InChI is InChI=1S/C18H20N6.C6H16OSi/c1-3-18(23-5-1)4-7-24(11-18)15-2-6-21-17-16(15)14(10-22-17)13-8-19-12-20-9-13;1-7-5-6-8(2,3)4/h2,6,8-10,12,23H,1,3-5,7,11H2,(H,21,22);5-6H2,1-4H3/t18-;/m1./s1. The Morgan fingerprint density at radius 2 is 2.00 bits per heavy atom. The Bertz CT molecular complexity index is 1010. The Hall–Kier alpha value is -2.29. The Morgan fingerprint density at radius 3 is 2.66 bits per heavy atom. The fourth-order valence-electron chi connectivity index (χ4n) is 4.67. The number of nitrogens with zero attached hydrogens (tertiary/aromatic N) is 4. The summed E-state index contributed by atoms with van der Waals surface area (Å²) in [4.78, 5) is 18.6. The quantitative estimate of drug-likeness (QED) is 0.561. The van der Waals surface area contributed by atoms with Crippen LogP contribution in [0.2, 0.25) is 25.7 Å². The van der Waals surface area contributed by atoms with Gasteiger partial charge in [0.05, 0.1) is 5.39 Å². The van der Waals surface area contributed by atoms with Gasteiger partial charge in [0.15, 0.2) is 0 Å². The summed E-state index contributed by atoms with van der Waals surface area (Å²) in [6.45, 7) is 11.3. The number of rotatable bonds is 5. The molecule has 0 aliphatic carbocycles. The van der Waals surface area contributed by atoms with Gasteiger partial charge in [0, 0.05) is 82.0 Å². The molecule has 32 heavy (non-hydrogen) atoms. The predicted molar refractivity (Wildman–Crippen MR) is 134 cm³/mol. The third-order valence-electron chi connectivity index (χ3n) is 6.51. The molecule has 7 nitrogen and oxygen atoms in total. The van der Waals surface area contributed by atoms with Gasteiger partial charge in [-0.05, 0) is 37.9 Å². The van der Waals surface area contributed by atoms with Gasteiger partial charge in [-0.3, -0.25) is 0 Å². The average Bonchev–Trinajstić information content (AvgIpc) is 3.53. The maximum Gasteiger partial charge on any atom is 0.139 e. The van der Waals surface area contributed by atoms with Crippen molar-refractivity contribution in [1.82, 2.24) is 25.3 Å². The summed E-state index contributed by atoms with van der Waals surface area (Å²) in [7, 11) is 0.961. The zero-order valence-corrected chi connectivity index (χ0v) is 20.8. The first kappa shape index (κ1) is 22.9. The Morgan fingerprint density at radius 1 is 1.19 bits per heavy atom. The van der Waals surface area contributed by atoms with Crippen molar-refractivity contribution in [2.45, 2.75) is 50.5 Å². The van der Waals surface area contributed by atoms with Crippen molar-refractivity contribution in [2.24, 2.45) is 0 Å². The van der Waals surface area contributed by atoms with Crippen LogP contribution in [-0.2, 0) is 4.74 Å². The first-order chi connectivity index (χ1) is 15.4. The van der Waals surface area contributed by atoms with Crippen LogP contribution in [0.5, 0.6) is 0 Å². The Labute approximate surface area is 192 Å². The zero-order valence-electron chi connectivity index (χ0n) is 19.8.